The molecule has 0 spiro atoms. The van der Waals surface area contributed by atoms with Gasteiger partial charge in [0.2, 0.25) is 0 Å². The van der Waals surface area contributed by atoms with Crippen molar-refractivity contribution in [1.29, 1.82) is 0 Å². The van der Waals surface area contributed by atoms with E-state index >= 15 is 0 Å². The third-order valence-corrected chi connectivity index (χ3v) is 5.97. The van der Waals surface area contributed by atoms with E-state index in [2.05, 4.69) is 10.3 Å². The van der Waals surface area contributed by atoms with Crippen molar-refractivity contribution < 1.29 is 14.4 Å². The Morgan fingerprint density at radius 2 is 1.67 bits per heavy atom. The fourth-order valence-corrected chi connectivity index (χ4v) is 4.37. The van der Waals surface area contributed by atoms with Crippen LogP contribution in [0.3, 0.4) is 0 Å². The number of aryl methyl sites for hydroxylation is 1. The molecule has 3 aromatic carbocycles. The minimum absolute atomic E-state index is 0.222. The highest BCUT2D eigenvalue weighted by molar-refractivity contribution is 7.22. The van der Waals surface area contributed by atoms with Crippen LogP contribution in [0.4, 0.5) is 10.8 Å². The Kier molecular flexibility index (Phi) is 4.18. The van der Waals surface area contributed by atoms with Crippen molar-refractivity contribution in [2.45, 2.75) is 6.92 Å². The fourth-order valence-electron chi connectivity index (χ4n) is 3.51. The first-order valence-corrected chi connectivity index (χ1v) is 10.1. The summed E-state index contributed by atoms with van der Waals surface area (Å²) in [5.74, 6) is -1.20. The molecule has 1 aromatic heterocycles. The molecule has 5 rings (SSSR count). The predicted molar refractivity (Wildman–Crippen MR) is 116 cm³/mol. The van der Waals surface area contributed by atoms with E-state index in [0.29, 0.717) is 21.9 Å². The Balaban J connectivity index is 1.45. The van der Waals surface area contributed by atoms with Gasteiger partial charge in [0.15, 0.2) is 5.13 Å². The second-order valence-electron chi connectivity index (χ2n) is 6.93. The minimum Gasteiger partial charge on any atom is -0.298 e. The number of aromatic nitrogens is 1. The number of carbonyl (C=O) groups excluding carboxylic acids is 3. The summed E-state index contributed by atoms with van der Waals surface area (Å²) in [5, 5.41) is 3.25. The van der Waals surface area contributed by atoms with Crippen molar-refractivity contribution in [2.75, 3.05) is 10.2 Å². The summed E-state index contributed by atoms with van der Waals surface area (Å²) in [6.07, 6.45) is 0. The molecule has 1 N–H and O–H groups in total. The van der Waals surface area contributed by atoms with E-state index in [1.165, 1.54) is 23.5 Å². The molecule has 0 saturated carbocycles. The van der Waals surface area contributed by atoms with Crippen LogP contribution in [0.25, 0.3) is 10.2 Å². The average Bonchev–Trinajstić information content (AvgIpc) is 3.26. The number of rotatable bonds is 3. The number of fused-ring (bicyclic) bond motifs is 2. The number of amides is 3. The van der Waals surface area contributed by atoms with Crippen LogP contribution in [-0.4, -0.2) is 22.7 Å². The van der Waals surface area contributed by atoms with Crippen molar-refractivity contribution in [2.24, 2.45) is 0 Å². The number of hydrogen-bond donors (Lipinski definition) is 1. The van der Waals surface area contributed by atoms with E-state index in [4.69, 9.17) is 0 Å². The van der Waals surface area contributed by atoms with E-state index in [9.17, 15) is 14.4 Å². The second-order valence-corrected chi connectivity index (χ2v) is 7.96. The lowest BCUT2D eigenvalue weighted by molar-refractivity contribution is 0.0925. The van der Waals surface area contributed by atoms with Gasteiger partial charge < -0.3 is 0 Å². The molecule has 1 aliphatic heterocycles. The van der Waals surface area contributed by atoms with E-state index in [1.54, 1.807) is 18.2 Å². The number of nitrogens with zero attached hydrogens (tertiary/aromatic N) is 2. The minimum atomic E-state index is -0.432. The van der Waals surface area contributed by atoms with Gasteiger partial charge in [-0.1, -0.05) is 41.7 Å². The Hall–Kier alpha value is -3.84. The molecule has 4 aromatic rings. The number of carbonyl (C=O) groups is 3. The van der Waals surface area contributed by atoms with Crippen molar-refractivity contribution in [3.8, 4) is 0 Å². The number of nitrogens with one attached hydrogen (secondary N) is 1. The monoisotopic (exact) mass is 413 g/mol. The summed E-state index contributed by atoms with van der Waals surface area (Å²) in [6, 6.07) is 19.4. The Labute approximate surface area is 175 Å². The second kappa shape index (κ2) is 6.89. The zero-order chi connectivity index (χ0) is 20.8. The molecule has 3 amide bonds. The number of thiazole rings is 1. The highest BCUT2D eigenvalue weighted by Crippen LogP contribution is 2.31. The maximum absolute atomic E-state index is 13.0. The van der Waals surface area contributed by atoms with Crippen LogP contribution in [0, 0.1) is 6.92 Å². The molecule has 0 radical (unpaired) electrons. The van der Waals surface area contributed by atoms with Gasteiger partial charge >= 0.3 is 0 Å². The summed E-state index contributed by atoms with van der Waals surface area (Å²) >= 11 is 1.37. The normalized spacial score (nSPS) is 13.0. The number of para-hydroxylation sites is 2. The molecular formula is C23H15N3O3S. The van der Waals surface area contributed by atoms with Crippen LogP contribution >= 0.6 is 11.3 Å². The Morgan fingerprint density at radius 1 is 0.933 bits per heavy atom. The van der Waals surface area contributed by atoms with Gasteiger partial charge in [0.1, 0.15) is 0 Å². The molecule has 7 heteroatoms. The molecule has 0 bridgehead atoms. The van der Waals surface area contributed by atoms with Crippen LogP contribution in [0.1, 0.15) is 36.6 Å². The van der Waals surface area contributed by atoms with Crippen LogP contribution in [-0.2, 0) is 0 Å². The first-order valence-electron chi connectivity index (χ1n) is 9.28. The van der Waals surface area contributed by atoms with Crippen molar-refractivity contribution in [1.82, 2.24) is 4.98 Å². The number of benzene rings is 3. The van der Waals surface area contributed by atoms with Gasteiger partial charge in [-0.15, -0.1) is 0 Å². The van der Waals surface area contributed by atoms with Crippen molar-refractivity contribution in [3.63, 3.8) is 0 Å². The lowest BCUT2D eigenvalue weighted by Crippen LogP contribution is -2.29. The molecule has 6 nitrogen and oxygen atoms in total. The summed E-state index contributed by atoms with van der Waals surface area (Å²) in [7, 11) is 0. The topological polar surface area (TPSA) is 79.4 Å². The molecule has 0 fully saturated rings. The SMILES string of the molecule is Cc1ccccc1N1C(=O)c2ccc(C(=O)Nc3nc4ccccc4s3)cc2C1=O. The molecule has 2 heterocycles. The zero-order valence-electron chi connectivity index (χ0n) is 15.9. The smallest absolute Gasteiger partial charge is 0.266 e. The third-order valence-electron chi connectivity index (χ3n) is 5.02. The first kappa shape index (κ1) is 18.2. The van der Waals surface area contributed by atoms with E-state index in [0.717, 1.165) is 20.7 Å². The summed E-state index contributed by atoms with van der Waals surface area (Å²) < 4.78 is 0.969. The van der Waals surface area contributed by atoms with Crippen LogP contribution in [0.15, 0.2) is 66.7 Å². The van der Waals surface area contributed by atoms with Gasteiger partial charge in [0, 0.05) is 5.56 Å². The van der Waals surface area contributed by atoms with Crippen molar-refractivity contribution >= 4 is 50.1 Å². The summed E-state index contributed by atoms with van der Waals surface area (Å²) in [5.41, 5.74) is 2.98. The molecule has 0 unspecified atom stereocenters. The lowest BCUT2D eigenvalue weighted by atomic mass is 10.1. The van der Waals surface area contributed by atoms with Gasteiger partial charge in [-0.25, -0.2) is 9.88 Å². The molecule has 0 aliphatic carbocycles. The van der Waals surface area contributed by atoms with E-state index in [1.807, 2.05) is 43.3 Å². The van der Waals surface area contributed by atoms with Crippen LogP contribution in [0.5, 0.6) is 0 Å². The first-order chi connectivity index (χ1) is 14.5. The zero-order valence-corrected chi connectivity index (χ0v) is 16.7. The summed E-state index contributed by atoms with van der Waals surface area (Å²) in [6.45, 7) is 1.84. The van der Waals surface area contributed by atoms with Gasteiger partial charge in [-0.05, 0) is 48.9 Å². The maximum Gasteiger partial charge on any atom is 0.266 e. The molecular weight excluding hydrogens is 398 g/mol. The molecule has 0 saturated heterocycles. The number of imide groups is 1. The third kappa shape index (κ3) is 2.87. The Morgan fingerprint density at radius 3 is 2.47 bits per heavy atom. The number of hydrogen-bond acceptors (Lipinski definition) is 5. The highest BCUT2D eigenvalue weighted by atomic mass is 32.1. The van der Waals surface area contributed by atoms with E-state index < -0.39 is 5.91 Å². The average molecular weight is 413 g/mol. The van der Waals surface area contributed by atoms with Crippen LogP contribution in [0.2, 0.25) is 0 Å². The molecule has 146 valence electrons. The van der Waals surface area contributed by atoms with Crippen LogP contribution < -0.4 is 10.2 Å². The standard InChI is InChI=1S/C23H15N3O3S/c1-13-6-2-4-8-18(13)26-21(28)15-11-10-14(12-16(15)22(26)29)20(27)25-23-24-17-7-3-5-9-19(17)30-23/h2-12H,1H3,(H,24,25,27). The Bertz CT molecular complexity index is 1330. The molecule has 0 atom stereocenters. The largest absolute Gasteiger partial charge is 0.298 e. The van der Waals surface area contributed by atoms with Crippen molar-refractivity contribution in [3.05, 3.63) is 89.0 Å². The molecule has 30 heavy (non-hydrogen) atoms. The molecule has 1 aliphatic rings. The predicted octanol–water partition coefficient (Wildman–Crippen LogP) is 4.66. The number of anilines is 2. The van der Waals surface area contributed by atoms with Gasteiger partial charge in [-0.3, -0.25) is 19.7 Å². The quantitative estimate of drug-likeness (QED) is 0.496. The highest BCUT2D eigenvalue weighted by Gasteiger charge is 2.37. The van der Waals surface area contributed by atoms with Gasteiger partial charge in [-0.2, -0.15) is 0 Å². The lowest BCUT2D eigenvalue weighted by Gasteiger charge is -2.16. The summed E-state index contributed by atoms with van der Waals surface area (Å²) in [4.78, 5) is 44.1. The van der Waals surface area contributed by atoms with Gasteiger partial charge in [0.25, 0.3) is 17.7 Å². The fraction of sp³-hybridized carbons (Fsp3) is 0.0435. The van der Waals surface area contributed by atoms with E-state index in [-0.39, 0.29) is 17.4 Å². The maximum atomic E-state index is 13.0. The van der Waals surface area contributed by atoms with Gasteiger partial charge in [0.05, 0.1) is 27.0 Å².